The standard InChI is InChI=1S/C8H13BrN2/c1-4-7-5-11(6(2)3)10-8(7)9/h5-6H,4H2,1-3H3. The van der Waals surface area contributed by atoms with E-state index >= 15 is 0 Å². The summed E-state index contributed by atoms with van der Waals surface area (Å²) in [7, 11) is 0. The maximum absolute atomic E-state index is 4.31. The molecule has 0 saturated heterocycles. The van der Waals surface area contributed by atoms with E-state index in [1.165, 1.54) is 5.56 Å². The third-order valence-electron chi connectivity index (χ3n) is 1.67. The Morgan fingerprint density at radius 2 is 2.27 bits per heavy atom. The van der Waals surface area contributed by atoms with E-state index in [0.29, 0.717) is 6.04 Å². The van der Waals surface area contributed by atoms with Gasteiger partial charge in [0.2, 0.25) is 0 Å². The molecule has 3 heteroatoms. The molecule has 0 aliphatic heterocycles. The predicted octanol–water partition coefficient (Wildman–Crippen LogP) is 2.79. The molecule has 0 fully saturated rings. The van der Waals surface area contributed by atoms with Crippen LogP contribution in [-0.2, 0) is 6.42 Å². The summed E-state index contributed by atoms with van der Waals surface area (Å²) in [4.78, 5) is 0. The molecule has 1 aromatic rings. The number of aromatic nitrogens is 2. The van der Waals surface area contributed by atoms with Crippen LogP contribution in [0.5, 0.6) is 0 Å². The van der Waals surface area contributed by atoms with Crippen molar-refractivity contribution in [1.29, 1.82) is 0 Å². The highest BCUT2D eigenvalue weighted by molar-refractivity contribution is 9.10. The van der Waals surface area contributed by atoms with Crippen molar-refractivity contribution in [1.82, 2.24) is 9.78 Å². The molecule has 0 radical (unpaired) electrons. The van der Waals surface area contributed by atoms with Crippen LogP contribution in [0, 0.1) is 0 Å². The first-order chi connectivity index (χ1) is 5.15. The van der Waals surface area contributed by atoms with Crippen LogP contribution < -0.4 is 0 Å². The first-order valence-electron chi connectivity index (χ1n) is 3.88. The molecular formula is C8H13BrN2. The van der Waals surface area contributed by atoms with Gasteiger partial charge >= 0.3 is 0 Å². The zero-order valence-electron chi connectivity index (χ0n) is 7.13. The summed E-state index contributed by atoms with van der Waals surface area (Å²) in [6, 6.07) is 0.451. The van der Waals surface area contributed by atoms with Gasteiger partial charge in [0.25, 0.3) is 0 Å². The molecule has 0 aliphatic rings. The van der Waals surface area contributed by atoms with Crippen molar-refractivity contribution in [2.45, 2.75) is 33.2 Å². The lowest BCUT2D eigenvalue weighted by molar-refractivity contribution is 0.529. The van der Waals surface area contributed by atoms with Crippen LogP contribution in [0.4, 0.5) is 0 Å². The molecule has 0 unspecified atom stereocenters. The van der Waals surface area contributed by atoms with E-state index in [2.05, 4.69) is 48.0 Å². The maximum Gasteiger partial charge on any atom is 0.131 e. The highest BCUT2D eigenvalue weighted by Crippen LogP contribution is 2.16. The lowest BCUT2D eigenvalue weighted by atomic mass is 10.3. The minimum atomic E-state index is 0.451. The van der Waals surface area contributed by atoms with E-state index < -0.39 is 0 Å². The van der Waals surface area contributed by atoms with E-state index in [-0.39, 0.29) is 0 Å². The molecule has 0 atom stereocenters. The third kappa shape index (κ3) is 1.83. The molecule has 0 amide bonds. The van der Waals surface area contributed by atoms with Crippen LogP contribution in [0.25, 0.3) is 0 Å². The topological polar surface area (TPSA) is 17.8 Å². The largest absolute Gasteiger partial charge is 0.269 e. The molecule has 0 aromatic carbocycles. The first-order valence-corrected chi connectivity index (χ1v) is 4.68. The summed E-state index contributed by atoms with van der Waals surface area (Å²) in [5, 5.41) is 4.31. The van der Waals surface area contributed by atoms with Gasteiger partial charge in [-0.1, -0.05) is 6.92 Å². The minimum Gasteiger partial charge on any atom is -0.269 e. The van der Waals surface area contributed by atoms with Crippen molar-refractivity contribution in [3.63, 3.8) is 0 Å². The third-order valence-corrected chi connectivity index (χ3v) is 2.33. The fourth-order valence-electron chi connectivity index (χ4n) is 0.909. The summed E-state index contributed by atoms with van der Waals surface area (Å²) in [5.74, 6) is 0. The van der Waals surface area contributed by atoms with Gasteiger partial charge < -0.3 is 0 Å². The van der Waals surface area contributed by atoms with E-state index in [0.717, 1.165) is 11.0 Å². The summed E-state index contributed by atoms with van der Waals surface area (Å²) in [5.41, 5.74) is 1.28. The van der Waals surface area contributed by atoms with Crippen LogP contribution in [0.15, 0.2) is 10.8 Å². The number of rotatable bonds is 2. The molecule has 0 spiro atoms. The van der Waals surface area contributed by atoms with Crippen LogP contribution in [0.2, 0.25) is 0 Å². The van der Waals surface area contributed by atoms with Crippen molar-refractivity contribution in [2.24, 2.45) is 0 Å². The van der Waals surface area contributed by atoms with Gasteiger partial charge in [0, 0.05) is 17.8 Å². The SMILES string of the molecule is CCc1cn(C(C)C)nc1Br. The van der Waals surface area contributed by atoms with Gasteiger partial charge in [-0.05, 0) is 36.2 Å². The highest BCUT2D eigenvalue weighted by atomic mass is 79.9. The van der Waals surface area contributed by atoms with Crippen molar-refractivity contribution in [2.75, 3.05) is 0 Å². The second-order valence-corrected chi connectivity index (χ2v) is 3.62. The second kappa shape index (κ2) is 3.39. The summed E-state index contributed by atoms with van der Waals surface area (Å²) in [6.07, 6.45) is 3.13. The Kier molecular flexibility index (Phi) is 2.71. The Morgan fingerprint density at radius 3 is 2.55 bits per heavy atom. The first kappa shape index (κ1) is 8.78. The average Bonchev–Trinajstić information content (AvgIpc) is 2.31. The summed E-state index contributed by atoms with van der Waals surface area (Å²) < 4.78 is 2.96. The Hall–Kier alpha value is -0.310. The van der Waals surface area contributed by atoms with Crippen LogP contribution in [-0.4, -0.2) is 9.78 Å². The molecule has 1 aromatic heterocycles. The fraction of sp³-hybridized carbons (Fsp3) is 0.625. The van der Waals surface area contributed by atoms with Gasteiger partial charge in [0.15, 0.2) is 0 Å². The van der Waals surface area contributed by atoms with Gasteiger partial charge in [-0.2, -0.15) is 5.10 Å². The molecular weight excluding hydrogens is 204 g/mol. The lowest BCUT2D eigenvalue weighted by Crippen LogP contribution is -2.00. The van der Waals surface area contributed by atoms with Gasteiger partial charge in [-0.25, -0.2) is 0 Å². The van der Waals surface area contributed by atoms with Crippen molar-refractivity contribution >= 4 is 15.9 Å². The number of aryl methyl sites for hydroxylation is 1. The molecule has 11 heavy (non-hydrogen) atoms. The monoisotopic (exact) mass is 216 g/mol. The number of hydrogen-bond acceptors (Lipinski definition) is 1. The van der Waals surface area contributed by atoms with Gasteiger partial charge in [0.1, 0.15) is 4.60 Å². The molecule has 0 saturated carbocycles. The second-order valence-electron chi connectivity index (χ2n) is 2.87. The molecule has 0 N–H and O–H groups in total. The Bertz CT molecular complexity index is 240. The van der Waals surface area contributed by atoms with Crippen LogP contribution in [0.3, 0.4) is 0 Å². The van der Waals surface area contributed by atoms with E-state index in [9.17, 15) is 0 Å². The predicted molar refractivity (Wildman–Crippen MR) is 49.7 cm³/mol. The minimum absolute atomic E-state index is 0.451. The quantitative estimate of drug-likeness (QED) is 0.744. The molecule has 2 nitrogen and oxygen atoms in total. The number of nitrogens with zero attached hydrogens (tertiary/aromatic N) is 2. The molecule has 0 bridgehead atoms. The molecule has 1 heterocycles. The summed E-state index contributed by atoms with van der Waals surface area (Å²) in [6.45, 7) is 6.38. The van der Waals surface area contributed by atoms with Crippen LogP contribution >= 0.6 is 15.9 Å². The molecule has 62 valence electrons. The lowest BCUT2D eigenvalue weighted by Gasteiger charge is -2.02. The number of halogens is 1. The van der Waals surface area contributed by atoms with Crippen molar-refractivity contribution in [3.05, 3.63) is 16.4 Å². The molecule has 1 rings (SSSR count). The highest BCUT2D eigenvalue weighted by Gasteiger charge is 2.05. The van der Waals surface area contributed by atoms with E-state index in [1.54, 1.807) is 0 Å². The Morgan fingerprint density at radius 1 is 1.64 bits per heavy atom. The van der Waals surface area contributed by atoms with Crippen molar-refractivity contribution < 1.29 is 0 Å². The Balaban J connectivity index is 2.95. The van der Waals surface area contributed by atoms with Gasteiger partial charge in [0.05, 0.1) is 0 Å². The zero-order chi connectivity index (χ0) is 8.43. The number of hydrogen-bond donors (Lipinski definition) is 0. The van der Waals surface area contributed by atoms with E-state index in [1.807, 2.05) is 4.68 Å². The Labute approximate surface area is 75.7 Å². The normalized spacial score (nSPS) is 11.0. The van der Waals surface area contributed by atoms with E-state index in [4.69, 9.17) is 0 Å². The smallest absolute Gasteiger partial charge is 0.131 e. The zero-order valence-corrected chi connectivity index (χ0v) is 8.72. The van der Waals surface area contributed by atoms with Crippen LogP contribution in [0.1, 0.15) is 32.4 Å². The van der Waals surface area contributed by atoms with Crippen molar-refractivity contribution in [3.8, 4) is 0 Å². The maximum atomic E-state index is 4.31. The summed E-state index contributed by atoms with van der Waals surface area (Å²) >= 11 is 3.41. The average molecular weight is 217 g/mol. The molecule has 0 aliphatic carbocycles. The fourth-order valence-corrected chi connectivity index (χ4v) is 1.47. The van der Waals surface area contributed by atoms with Gasteiger partial charge in [-0.15, -0.1) is 0 Å². The van der Waals surface area contributed by atoms with Gasteiger partial charge in [-0.3, -0.25) is 4.68 Å².